The Labute approximate surface area is 241 Å². The van der Waals surface area contributed by atoms with E-state index in [0.29, 0.717) is 5.56 Å². The maximum atomic E-state index is 13.6. The molecule has 9 nitrogen and oxygen atoms in total. The number of ether oxygens (including phenoxy) is 3. The van der Waals surface area contributed by atoms with E-state index in [0.717, 1.165) is 5.69 Å². The quantitative estimate of drug-likeness (QED) is 0.168. The number of halogens is 2. The van der Waals surface area contributed by atoms with Gasteiger partial charge in [0.2, 0.25) is 0 Å². The lowest BCUT2D eigenvalue weighted by molar-refractivity contribution is -0.132. The Morgan fingerprint density at radius 3 is 2.17 bits per heavy atom. The molecule has 1 aliphatic heterocycles. The predicted octanol–water partition coefficient (Wildman–Crippen LogP) is 5.49. The van der Waals surface area contributed by atoms with Crippen molar-refractivity contribution >= 4 is 58.0 Å². The van der Waals surface area contributed by atoms with Gasteiger partial charge in [0.05, 0.1) is 49.1 Å². The molecule has 0 radical (unpaired) electrons. The second-order valence-corrected chi connectivity index (χ2v) is 9.77. The van der Waals surface area contributed by atoms with Crippen LogP contribution in [0.25, 0.3) is 5.76 Å². The fourth-order valence-electron chi connectivity index (χ4n) is 4.56. The fourth-order valence-corrected chi connectivity index (χ4v) is 5.25. The number of esters is 1. The normalized spacial score (nSPS) is 16.2. The van der Waals surface area contributed by atoms with E-state index >= 15 is 0 Å². The highest BCUT2D eigenvalue weighted by atomic mass is 35.5. The van der Waals surface area contributed by atoms with Crippen molar-refractivity contribution in [2.45, 2.75) is 6.04 Å². The number of rotatable bonds is 7. The van der Waals surface area contributed by atoms with Gasteiger partial charge < -0.3 is 24.2 Å². The Morgan fingerprint density at radius 2 is 1.60 bits per heavy atom. The van der Waals surface area contributed by atoms with E-state index < -0.39 is 29.5 Å². The van der Waals surface area contributed by atoms with Gasteiger partial charge in [-0.1, -0.05) is 41.4 Å². The van der Waals surface area contributed by atoms with E-state index in [1.807, 2.05) is 31.1 Å². The van der Waals surface area contributed by atoms with Gasteiger partial charge in [-0.15, -0.1) is 0 Å². The zero-order chi connectivity index (χ0) is 29.3. The van der Waals surface area contributed by atoms with Crippen molar-refractivity contribution in [2.24, 2.45) is 0 Å². The number of nitrogens with zero attached hydrogens (tertiary/aromatic N) is 2. The number of carbonyl (C=O) groups is 3. The van der Waals surface area contributed by atoms with Crippen molar-refractivity contribution < 1.29 is 33.7 Å². The molecular formula is C29H26Cl2N2O7. The van der Waals surface area contributed by atoms with Crippen LogP contribution in [0.1, 0.15) is 27.5 Å². The van der Waals surface area contributed by atoms with Crippen molar-refractivity contribution in [1.82, 2.24) is 0 Å². The van der Waals surface area contributed by atoms with Crippen LogP contribution in [0.3, 0.4) is 0 Å². The third-order valence-corrected chi connectivity index (χ3v) is 7.13. The van der Waals surface area contributed by atoms with Gasteiger partial charge in [-0.25, -0.2) is 4.79 Å². The number of hydrogen-bond donors (Lipinski definition) is 1. The first kappa shape index (κ1) is 28.8. The maximum Gasteiger partial charge on any atom is 0.337 e. The van der Waals surface area contributed by atoms with Crippen LogP contribution in [-0.4, -0.2) is 58.2 Å². The lowest BCUT2D eigenvalue weighted by Gasteiger charge is -2.26. The minimum absolute atomic E-state index is 0.000935. The molecule has 1 aliphatic rings. The van der Waals surface area contributed by atoms with Crippen LogP contribution < -0.4 is 19.3 Å². The molecule has 0 bridgehead atoms. The first-order valence-electron chi connectivity index (χ1n) is 11.9. The molecule has 208 valence electrons. The largest absolute Gasteiger partial charge is 0.507 e. The number of anilines is 2. The van der Waals surface area contributed by atoms with Crippen LogP contribution in [0, 0.1) is 0 Å². The summed E-state index contributed by atoms with van der Waals surface area (Å²) in [5.41, 5.74) is 1.61. The number of carbonyl (C=O) groups excluding carboxylic acids is 3. The van der Waals surface area contributed by atoms with E-state index in [9.17, 15) is 19.5 Å². The topological polar surface area (TPSA) is 106 Å². The number of Topliss-reactive ketones (excluding diaryl/α,β-unsaturated/α-hetero) is 1. The van der Waals surface area contributed by atoms with Crippen LogP contribution in [0.4, 0.5) is 11.4 Å². The van der Waals surface area contributed by atoms with Crippen LogP contribution >= 0.6 is 23.2 Å². The summed E-state index contributed by atoms with van der Waals surface area (Å²) >= 11 is 12.8. The van der Waals surface area contributed by atoms with Crippen molar-refractivity contribution in [1.29, 1.82) is 0 Å². The monoisotopic (exact) mass is 584 g/mol. The highest BCUT2D eigenvalue weighted by Crippen LogP contribution is 2.48. The van der Waals surface area contributed by atoms with Gasteiger partial charge in [-0.3, -0.25) is 14.5 Å². The number of aliphatic hydroxyl groups excluding tert-OH is 1. The van der Waals surface area contributed by atoms with Crippen LogP contribution in [-0.2, 0) is 14.3 Å². The molecule has 1 saturated heterocycles. The van der Waals surface area contributed by atoms with E-state index in [-0.39, 0.29) is 43.9 Å². The molecule has 1 N–H and O–H groups in total. The molecular weight excluding hydrogens is 559 g/mol. The van der Waals surface area contributed by atoms with E-state index in [1.165, 1.54) is 44.4 Å². The summed E-state index contributed by atoms with van der Waals surface area (Å²) < 4.78 is 15.5. The number of amides is 1. The molecule has 1 unspecified atom stereocenters. The Hall–Kier alpha value is -4.21. The molecule has 4 rings (SSSR count). The van der Waals surface area contributed by atoms with Crippen LogP contribution in [0.5, 0.6) is 11.5 Å². The van der Waals surface area contributed by atoms with Crippen LogP contribution in [0.15, 0.2) is 60.2 Å². The van der Waals surface area contributed by atoms with Gasteiger partial charge in [-0.2, -0.15) is 0 Å². The Balaban J connectivity index is 2.01. The molecule has 3 aromatic rings. The first-order chi connectivity index (χ1) is 19.0. The smallest absolute Gasteiger partial charge is 0.337 e. The van der Waals surface area contributed by atoms with Gasteiger partial charge in [-0.05, 0) is 42.0 Å². The minimum Gasteiger partial charge on any atom is -0.507 e. The Kier molecular flexibility index (Phi) is 8.27. The van der Waals surface area contributed by atoms with Crippen LogP contribution in [0.2, 0.25) is 10.0 Å². The second kappa shape index (κ2) is 11.5. The summed E-state index contributed by atoms with van der Waals surface area (Å²) in [5.74, 6) is -2.90. The summed E-state index contributed by atoms with van der Waals surface area (Å²) in [6.07, 6.45) is 0. The van der Waals surface area contributed by atoms with Gasteiger partial charge >= 0.3 is 5.97 Å². The average Bonchev–Trinajstić information content (AvgIpc) is 3.22. The summed E-state index contributed by atoms with van der Waals surface area (Å²) in [5, 5.41) is 11.6. The van der Waals surface area contributed by atoms with Crippen molar-refractivity contribution in [3.05, 3.63) is 86.9 Å². The maximum absolute atomic E-state index is 13.6. The number of aliphatic hydroxyl groups is 1. The van der Waals surface area contributed by atoms with Gasteiger partial charge in [0.1, 0.15) is 10.8 Å². The van der Waals surface area contributed by atoms with E-state index in [1.54, 1.807) is 24.3 Å². The number of hydrogen-bond acceptors (Lipinski definition) is 8. The SMILES string of the molecule is COC(=O)c1cccc(N2C(=O)C(=O)/C(=C(/O)c3cc(Cl)c(OC)c(Cl)c3OC)C2c2ccc(N(C)C)cc2)c1. The van der Waals surface area contributed by atoms with E-state index in [4.69, 9.17) is 37.4 Å². The fraction of sp³-hybridized carbons (Fsp3) is 0.207. The number of benzene rings is 3. The third kappa shape index (κ3) is 4.94. The number of methoxy groups -OCH3 is 3. The molecule has 40 heavy (non-hydrogen) atoms. The molecule has 1 atom stereocenters. The molecule has 11 heteroatoms. The number of ketones is 1. The van der Waals surface area contributed by atoms with Gasteiger partial charge in [0.25, 0.3) is 11.7 Å². The molecule has 1 fully saturated rings. The second-order valence-electron chi connectivity index (χ2n) is 8.98. The summed E-state index contributed by atoms with van der Waals surface area (Å²) in [4.78, 5) is 42.5. The molecule has 0 aliphatic carbocycles. The molecule has 1 amide bonds. The standard InChI is InChI=1S/C29H26Cl2N2O7/c1-32(2)17-11-9-15(10-12-17)23-21(24(34)19-14-20(30)27(39-4)22(31)26(19)38-3)25(35)28(36)33(23)18-8-6-7-16(13-18)29(37)40-5/h6-14,23,34H,1-5H3/b24-21+. The van der Waals surface area contributed by atoms with Gasteiger partial charge in [0.15, 0.2) is 11.5 Å². The van der Waals surface area contributed by atoms with Crippen molar-refractivity contribution in [3.63, 3.8) is 0 Å². The molecule has 0 saturated carbocycles. The lowest BCUT2D eigenvalue weighted by atomic mass is 9.94. The summed E-state index contributed by atoms with van der Waals surface area (Å²) in [6.45, 7) is 0. The highest BCUT2D eigenvalue weighted by Gasteiger charge is 2.47. The van der Waals surface area contributed by atoms with E-state index in [2.05, 4.69) is 0 Å². The average molecular weight is 585 g/mol. The minimum atomic E-state index is -1.08. The molecule has 0 spiro atoms. The summed E-state index contributed by atoms with van der Waals surface area (Å²) in [7, 11) is 7.70. The Bertz CT molecular complexity index is 1530. The van der Waals surface area contributed by atoms with Crippen molar-refractivity contribution in [3.8, 4) is 11.5 Å². The first-order valence-corrected chi connectivity index (χ1v) is 12.7. The Morgan fingerprint density at radius 1 is 0.950 bits per heavy atom. The lowest BCUT2D eigenvalue weighted by Crippen LogP contribution is -2.29. The predicted molar refractivity (Wildman–Crippen MR) is 153 cm³/mol. The zero-order valence-corrected chi connectivity index (χ0v) is 23.8. The molecule has 3 aromatic carbocycles. The summed E-state index contributed by atoms with van der Waals surface area (Å²) in [6, 6.07) is 13.5. The third-order valence-electron chi connectivity index (χ3n) is 6.51. The molecule has 1 heterocycles. The molecule has 0 aromatic heterocycles. The zero-order valence-electron chi connectivity index (χ0n) is 22.3. The van der Waals surface area contributed by atoms with Crippen molar-refractivity contribution in [2.75, 3.05) is 45.2 Å². The van der Waals surface area contributed by atoms with Gasteiger partial charge in [0, 0.05) is 25.5 Å². The highest BCUT2D eigenvalue weighted by molar-refractivity contribution is 6.52.